The molecule has 0 unspecified atom stereocenters. The normalized spacial score (nSPS) is 16.0. The second-order valence-electron chi connectivity index (χ2n) is 7.00. The number of aromatic nitrogens is 4. The molecule has 0 saturated heterocycles. The van der Waals surface area contributed by atoms with E-state index in [1.807, 2.05) is 6.92 Å². The first-order chi connectivity index (χ1) is 14.2. The number of rotatable bonds is 3. The van der Waals surface area contributed by atoms with Crippen LogP contribution in [0.5, 0.6) is 0 Å². The first-order valence-electron chi connectivity index (χ1n) is 9.01. The summed E-state index contributed by atoms with van der Waals surface area (Å²) in [6, 6.07) is 4.14. The van der Waals surface area contributed by atoms with Gasteiger partial charge in [-0.2, -0.15) is 31.8 Å². The number of anilines is 2. The monoisotopic (exact) mass is 452 g/mol. The molecule has 1 aliphatic heterocycles. The van der Waals surface area contributed by atoms with E-state index in [4.69, 9.17) is 0 Å². The van der Waals surface area contributed by atoms with Gasteiger partial charge in [-0.1, -0.05) is 0 Å². The van der Waals surface area contributed by atoms with Crippen molar-refractivity contribution in [3.63, 3.8) is 0 Å². The van der Waals surface area contributed by atoms with Crippen LogP contribution in [0.15, 0.2) is 43.0 Å². The number of nitrogens with zero attached hydrogens (tertiary/aromatic N) is 5. The molecule has 164 valence electrons. The molecule has 1 aliphatic rings. The van der Waals surface area contributed by atoms with E-state index < -0.39 is 23.6 Å². The number of hydrogen-bond acceptors (Lipinski definition) is 4. The van der Waals surface area contributed by atoms with E-state index in [0.717, 1.165) is 12.1 Å². The highest BCUT2D eigenvalue weighted by molar-refractivity contribution is 7.59. The molecule has 12 heteroatoms. The summed E-state index contributed by atoms with van der Waals surface area (Å²) in [5, 5.41) is 6.87. The van der Waals surface area contributed by atoms with Crippen molar-refractivity contribution in [3.8, 4) is 0 Å². The number of alkyl halides is 3. The first-order valence-corrected chi connectivity index (χ1v) is 9.01. The standard InChI is InChI=1S/C19H17F3N6O2.H2S/c1-11-9-27(13-5-3-12(4-6-13)19(20,21)22)18(30)16-14(7-24-28(11)16)25-17(29)15-8-23-10-26(15)2;/h3-8,10-11H,9H2,1-2H3,(H,25,29);1H2/t11-;/m0./s1. The van der Waals surface area contributed by atoms with E-state index in [2.05, 4.69) is 15.4 Å². The summed E-state index contributed by atoms with van der Waals surface area (Å²) in [4.78, 5) is 30.9. The number of amides is 2. The number of fused-ring (bicyclic) bond motifs is 1. The van der Waals surface area contributed by atoms with E-state index in [1.54, 1.807) is 7.05 Å². The minimum atomic E-state index is -4.46. The Kier molecular flexibility index (Phi) is 5.85. The van der Waals surface area contributed by atoms with Crippen molar-refractivity contribution in [2.45, 2.75) is 19.1 Å². The van der Waals surface area contributed by atoms with Gasteiger partial charge in [0.05, 0.1) is 36.0 Å². The van der Waals surface area contributed by atoms with E-state index in [-0.39, 0.29) is 37.5 Å². The Bertz CT molecular complexity index is 1120. The van der Waals surface area contributed by atoms with Gasteiger partial charge in [-0.05, 0) is 31.2 Å². The van der Waals surface area contributed by atoms with Gasteiger partial charge in [-0.25, -0.2) is 4.98 Å². The number of nitrogens with one attached hydrogen (secondary N) is 1. The Morgan fingerprint density at radius 1 is 1.19 bits per heavy atom. The number of aryl methyl sites for hydroxylation is 1. The predicted molar refractivity (Wildman–Crippen MR) is 112 cm³/mol. The third-order valence-corrected chi connectivity index (χ3v) is 4.91. The summed E-state index contributed by atoms with van der Waals surface area (Å²) < 4.78 is 41.5. The lowest BCUT2D eigenvalue weighted by atomic mass is 10.1. The molecule has 4 rings (SSSR count). The van der Waals surface area contributed by atoms with Gasteiger partial charge in [0.1, 0.15) is 5.69 Å². The van der Waals surface area contributed by atoms with Gasteiger partial charge < -0.3 is 14.8 Å². The van der Waals surface area contributed by atoms with Crippen LogP contribution >= 0.6 is 13.5 Å². The summed E-state index contributed by atoms with van der Waals surface area (Å²) >= 11 is 0. The van der Waals surface area contributed by atoms with Crippen molar-refractivity contribution in [1.29, 1.82) is 0 Å². The van der Waals surface area contributed by atoms with E-state index in [9.17, 15) is 22.8 Å². The van der Waals surface area contributed by atoms with Crippen molar-refractivity contribution < 1.29 is 22.8 Å². The molecule has 1 N–H and O–H groups in total. The number of hydrogen-bond donors (Lipinski definition) is 1. The highest BCUT2D eigenvalue weighted by Gasteiger charge is 2.35. The average molecular weight is 452 g/mol. The second-order valence-corrected chi connectivity index (χ2v) is 7.00. The molecule has 0 bridgehead atoms. The van der Waals surface area contributed by atoms with Crippen molar-refractivity contribution in [2.24, 2.45) is 7.05 Å². The molecule has 31 heavy (non-hydrogen) atoms. The molecule has 8 nitrogen and oxygen atoms in total. The summed E-state index contributed by atoms with van der Waals surface area (Å²) in [7, 11) is 1.66. The minimum absolute atomic E-state index is 0. The molecular weight excluding hydrogens is 433 g/mol. The van der Waals surface area contributed by atoms with Crippen molar-refractivity contribution in [3.05, 3.63) is 59.9 Å². The van der Waals surface area contributed by atoms with E-state index in [0.29, 0.717) is 11.4 Å². The number of imidazole rings is 1. The Labute approximate surface area is 182 Å². The van der Waals surface area contributed by atoms with E-state index in [1.165, 1.54) is 45.0 Å². The molecule has 3 aromatic rings. The minimum Gasteiger partial charge on any atom is -0.330 e. The molecule has 2 amide bonds. The molecule has 2 aromatic heterocycles. The summed E-state index contributed by atoms with van der Waals surface area (Å²) in [6.07, 6.45) is -0.208. The Morgan fingerprint density at radius 2 is 1.87 bits per heavy atom. The van der Waals surface area contributed by atoms with Crippen LogP contribution < -0.4 is 10.2 Å². The summed E-state index contributed by atoms with van der Waals surface area (Å²) in [5.41, 5.74) is 0.207. The van der Waals surface area contributed by atoms with Gasteiger partial charge in [0, 0.05) is 19.3 Å². The molecule has 0 aliphatic carbocycles. The van der Waals surface area contributed by atoms with Gasteiger partial charge in [0.25, 0.3) is 11.8 Å². The zero-order chi connectivity index (χ0) is 21.6. The quantitative estimate of drug-likeness (QED) is 0.661. The third kappa shape index (κ3) is 4.02. The zero-order valence-corrected chi connectivity index (χ0v) is 17.5. The van der Waals surface area contributed by atoms with Gasteiger partial charge in [-0.15, -0.1) is 0 Å². The van der Waals surface area contributed by atoms with Gasteiger partial charge >= 0.3 is 6.18 Å². The summed E-state index contributed by atoms with van der Waals surface area (Å²) in [5.74, 6) is -0.927. The van der Waals surface area contributed by atoms with Gasteiger partial charge in [0.15, 0.2) is 5.69 Å². The smallest absolute Gasteiger partial charge is 0.330 e. The lowest BCUT2D eigenvalue weighted by Gasteiger charge is -2.32. The van der Waals surface area contributed by atoms with Crippen LogP contribution in [0.4, 0.5) is 24.5 Å². The van der Waals surface area contributed by atoms with Crippen molar-refractivity contribution in [1.82, 2.24) is 19.3 Å². The third-order valence-electron chi connectivity index (χ3n) is 4.91. The summed E-state index contributed by atoms with van der Waals surface area (Å²) in [6.45, 7) is 2.06. The molecular formula is C19H19F3N6O2S. The zero-order valence-electron chi connectivity index (χ0n) is 16.5. The molecule has 3 heterocycles. The van der Waals surface area contributed by atoms with Crippen LogP contribution in [0, 0.1) is 0 Å². The fourth-order valence-electron chi connectivity index (χ4n) is 3.37. The first kappa shape index (κ1) is 22.4. The number of halogens is 3. The van der Waals surface area contributed by atoms with E-state index >= 15 is 0 Å². The van der Waals surface area contributed by atoms with Crippen LogP contribution in [0.1, 0.15) is 39.5 Å². The molecule has 1 atom stereocenters. The average Bonchev–Trinajstić information content (AvgIpc) is 3.31. The van der Waals surface area contributed by atoms with Gasteiger partial charge in [0.2, 0.25) is 0 Å². The van der Waals surface area contributed by atoms with Gasteiger partial charge in [-0.3, -0.25) is 14.3 Å². The molecule has 0 saturated carbocycles. The maximum Gasteiger partial charge on any atom is 0.416 e. The van der Waals surface area contributed by atoms with Crippen LogP contribution in [-0.2, 0) is 13.2 Å². The van der Waals surface area contributed by atoms with Crippen molar-refractivity contribution >= 4 is 36.7 Å². The van der Waals surface area contributed by atoms with Crippen LogP contribution in [0.3, 0.4) is 0 Å². The largest absolute Gasteiger partial charge is 0.416 e. The fourth-order valence-corrected chi connectivity index (χ4v) is 3.37. The number of carbonyl (C=O) groups excluding carboxylic acids is 2. The van der Waals surface area contributed by atoms with Crippen LogP contribution in [0.2, 0.25) is 0 Å². The maximum absolute atomic E-state index is 13.1. The van der Waals surface area contributed by atoms with Crippen LogP contribution in [-0.4, -0.2) is 37.7 Å². The Hall–Kier alpha value is -3.28. The highest BCUT2D eigenvalue weighted by Crippen LogP contribution is 2.33. The maximum atomic E-state index is 13.1. The SMILES string of the molecule is C[C@H]1CN(c2ccc(C(F)(F)F)cc2)C(=O)c2c(NC(=O)c3cncn3C)cnn21.S. The molecule has 0 spiro atoms. The highest BCUT2D eigenvalue weighted by atomic mass is 32.1. The second kappa shape index (κ2) is 8.10. The van der Waals surface area contributed by atoms with Crippen molar-refractivity contribution in [2.75, 3.05) is 16.8 Å². The lowest BCUT2D eigenvalue weighted by Crippen LogP contribution is -2.43. The number of carbonyl (C=O) groups is 2. The lowest BCUT2D eigenvalue weighted by molar-refractivity contribution is -0.137. The predicted octanol–water partition coefficient (Wildman–Crippen LogP) is 3.22. The van der Waals surface area contributed by atoms with Crippen LogP contribution in [0.25, 0.3) is 0 Å². The molecule has 1 aromatic carbocycles. The Morgan fingerprint density at radius 3 is 2.45 bits per heavy atom. The fraction of sp³-hybridized carbons (Fsp3) is 0.263. The number of benzene rings is 1. The molecule has 0 fully saturated rings. The Balaban J connectivity index is 0.00000272. The molecule has 0 radical (unpaired) electrons. The topological polar surface area (TPSA) is 85.1 Å².